The second kappa shape index (κ2) is 20.7. The Hall–Kier alpha value is -0.0500. The minimum absolute atomic E-state index is 0.109. The molecule has 0 saturated carbocycles. The summed E-state index contributed by atoms with van der Waals surface area (Å²) in [5, 5.41) is 0. The van der Waals surface area contributed by atoms with Crippen LogP contribution in [0.1, 0.15) is 46.5 Å². The molecular formula is C18H39O8P. The van der Waals surface area contributed by atoms with E-state index in [2.05, 4.69) is 6.92 Å². The summed E-state index contributed by atoms with van der Waals surface area (Å²) in [6, 6.07) is 0. The van der Waals surface area contributed by atoms with Crippen LogP contribution in [-0.4, -0.2) is 72.7 Å². The maximum absolute atomic E-state index is 12.6. The molecule has 0 radical (unpaired) electrons. The molecule has 9 heteroatoms. The van der Waals surface area contributed by atoms with Crippen molar-refractivity contribution in [1.82, 2.24) is 0 Å². The van der Waals surface area contributed by atoms with Crippen molar-refractivity contribution in [2.75, 3.05) is 72.7 Å². The lowest BCUT2D eigenvalue weighted by atomic mass is 10.4. The number of phosphoric ester groups is 1. The minimum atomic E-state index is -3.66. The molecule has 0 aromatic carbocycles. The van der Waals surface area contributed by atoms with Gasteiger partial charge in [0.25, 0.3) is 0 Å². The van der Waals surface area contributed by atoms with Crippen LogP contribution in [0.5, 0.6) is 0 Å². The van der Waals surface area contributed by atoms with Crippen molar-refractivity contribution >= 4 is 7.82 Å². The van der Waals surface area contributed by atoms with Crippen molar-refractivity contribution < 1.29 is 37.1 Å². The van der Waals surface area contributed by atoms with Gasteiger partial charge in [-0.15, -0.1) is 0 Å². The molecule has 0 spiro atoms. The first-order valence-electron chi connectivity index (χ1n) is 10.0. The number of rotatable bonds is 22. The second-order valence-electron chi connectivity index (χ2n) is 5.75. The molecule has 0 unspecified atom stereocenters. The van der Waals surface area contributed by atoms with Gasteiger partial charge in [0.2, 0.25) is 0 Å². The normalized spacial score (nSPS) is 12.0. The molecule has 0 fully saturated rings. The highest BCUT2D eigenvalue weighted by Gasteiger charge is 2.26. The average molecular weight is 414 g/mol. The van der Waals surface area contributed by atoms with Crippen molar-refractivity contribution in [1.29, 1.82) is 0 Å². The summed E-state index contributed by atoms with van der Waals surface area (Å²) in [4.78, 5) is 0. The molecule has 0 rings (SSSR count). The van der Waals surface area contributed by atoms with Crippen LogP contribution in [0.2, 0.25) is 0 Å². The van der Waals surface area contributed by atoms with Gasteiger partial charge >= 0.3 is 7.82 Å². The molecule has 0 aliphatic rings. The third-order valence-electron chi connectivity index (χ3n) is 3.14. The fraction of sp³-hybridized carbons (Fsp3) is 1.00. The third-order valence-corrected chi connectivity index (χ3v) is 4.64. The molecule has 0 atom stereocenters. The number of phosphoric acid groups is 1. The monoisotopic (exact) mass is 414 g/mol. The van der Waals surface area contributed by atoms with E-state index in [1.54, 1.807) is 0 Å². The SMILES string of the molecule is CCCCOCCOCCOP(=O)(OCCOCCC)OCCOCCC. The van der Waals surface area contributed by atoms with Crippen molar-refractivity contribution in [3.05, 3.63) is 0 Å². The summed E-state index contributed by atoms with van der Waals surface area (Å²) in [6.07, 6.45) is 3.99. The molecule has 0 aliphatic carbocycles. The van der Waals surface area contributed by atoms with Gasteiger partial charge in [-0.25, -0.2) is 4.57 Å². The van der Waals surface area contributed by atoms with E-state index in [-0.39, 0.29) is 26.4 Å². The predicted molar refractivity (Wildman–Crippen MR) is 104 cm³/mol. The van der Waals surface area contributed by atoms with Crippen LogP contribution >= 0.6 is 7.82 Å². The van der Waals surface area contributed by atoms with Crippen LogP contribution in [0.3, 0.4) is 0 Å². The van der Waals surface area contributed by atoms with Gasteiger partial charge in [0.1, 0.15) is 0 Å². The molecule has 0 heterocycles. The third kappa shape index (κ3) is 19.1. The van der Waals surface area contributed by atoms with E-state index < -0.39 is 7.82 Å². The summed E-state index contributed by atoms with van der Waals surface area (Å²) in [5.41, 5.74) is 0. The lowest BCUT2D eigenvalue weighted by Gasteiger charge is -2.18. The van der Waals surface area contributed by atoms with Gasteiger partial charge in [-0.1, -0.05) is 27.2 Å². The molecule has 0 aromatic rings. The quantitative estimate of drug-likeness (QED) is 0.195. The van der Waals surface area contributed by atoms with Gasteiger partial charge in [-0.05, 0) is 19.3 Å². The van der Waals surface area contributed by atoms with E-state index in [0.717, 1.165) is 32.3 Å². The van der Waals surface area contributed by atoms with Crippen LogP contribution in [0.4, 0.5) is 0 Å². The first kappa shape index (κ1) is 27.0. The van der Waals surface area contributed by atoms with Gasteiger partial charge in [-0.3, -0.25) is 13.6 Å². The highest BCUT2D eigenvalue weighted by Crippen LogP contribution is 2.49. The second-order valence-corrected chi connectivity index (χ2v) is 7.42. The smallest absolute Gasteiger partial charge is 0.379 e. The van der Waals surface area contributed by atoms with Crippen LogP contribution < -0.4 is 0 Å². The molecule has 0 aliphatic heterocycles. The molecule has 0 aromatic heterocycles. The van der Waals surface area contributed by atoms with E-state index >= 15 is 0 Å². The Morgan fingerprint density at radius 1 is 0.481 bits per heavy atom. The lowest BCUT2D eigenvalue weighted by molar-refractivity contribution is 0.0177. The highest BCUT2D eigenvalue weighted by molar-refractivity contribution is 7.48. The van der Waals surface area contributed by atoms with Crippen LogP contribution in [-0.2, 0) is 37.1 Å². The Bertz CT molecular complexity index is 325. The maximum Gasteiger partial charge on any atom is 0.475 e. The van der Waals surface area contributed by atoms with Crippen LogP contribution in [0, 0.1) is 0 Å². The zero-order valence-electron chi connectivity index (χ0n) is 17.3. The van der Waals surface area contributed by atoms with Gasteiger partial charge in [0, 0.05) is 19.8 Å². The van der Waals surface area contributed by atoms with Crippen molar-refractivity contribution in [3.63, 3.8) is 0 Å². The topological polar surface area (TPSA) is 81.7 Å². The number of hydrogen-bond donors (Lipinski definition) is 0. The molecule has 0 amide bonds. The Morgan fingerprint density at radius 3 is 1.26 bits per heavy atom. The highest BCUT2D eigenvalue weighted by atomic mass is 31.2. The summed E-state index contributed by atoms with van der Waals surface area (Å²) in [7, 11) is -3.66. The number of ether oxygens (including phenoxy) is 4. The fourth-order valence-corrected chi connectivity index (χ4v) is 2.92. The molecule has 8 nitrogen and oxygen atoms in total. The van der Waals surface area contributed by atoms with E-state index in [9.17, 15) is 4.57 Å². The Labute approximate surface area is 164 Å². The average Bonchev–Trinajstić information content (AvgIpc) is 2.66. The molecular weight excluding hydrogens is 375 g/mol. The molecule has 0 bridgehead atoms. The van der Waals surface area contributed by atoms with Gasteiger partial charge < -0.3 is 18.9 Å². The predicted octanol–water partition coefficient (Wildman–Crippen LogP) is 3.83. The molecule has 0 saturated heterocycles. The van der Waals surface area contributed by atoms with Crippen molar-refractivity contribution in [2.24, 2.45) is 0 Å². The zero-order valence-corrected chi connectivity index (χ0v) is 18.2. The standard InChI is InChI=1S/C18H39O8P/c1-4-7-10-22-11-12-23-15-18-26-27(19,24-16-13-20-8-5-2)25-17-14-21-9-6-3/h4-18H2,1-3H3. The summed E-state index contributed by atoms with van der Waals surface area (Å²) < 4.78 is 50.0. The van der Waals surface area contributed by atoms with Gasteiger partial charge in [0.15, 0.2) is 0 Å². The first-order chi connectivity index (χ1) is 13.2. The van der Waals surface area contributed by atoms with Crippen LogP contribution in [0.25, 0.3) is 0 Å². The summed E-state index contributed by atoms with van der Waals surface area (Å²) >= 11 is 0. The van der Waals surface area contributed by atoms with Gasteiger partial charge in [-0.2, -0.15) is 0 Å². The maximum atomic E-state index is 12.6. The number of hydrogen-bond acceptors (Lipinski definition) is 8. The molecule has 164 valence electrons. The van der Waals surface area contributed by atoms with Crippen molar-refractivity contribution in [3.8, 4) is 0 Å². The molecule has 0 N–H and O–H groups in total. The fourth-order valence-electron chi connectivity index (χ4n) is 1.80. The van der Waals surface area contributed by atoms with E-state index in [0.29, 0.717) is 39.6 Å². The Morgan fingerprint density at radius 2 is 0.852 bits per heavy atom. The summed E-state index contributed by atoms with van der Waals surface area (Å²) in [5.74, 6) is 0. The first-order valence-corrected chi connectivity index (χ1v) is 11.5. The van der Waals surface area contributed by atoms with E-state index in [4.69, 9.17) is 32.5 Å². The van der Waals surface area contributed by atoms with Crippen LogP contribution in [0.15, 0.2) is 0 Å². The Balaban J connectivity index is 3.96. The largest absolute Gasteiger partial charge is 0.475 e. The zero-order chi connectivity index (χ0) is 20.1. The van der Waals surface area contributed by atoms with Crippen molar-refractivity contribution in [2.45, 2.75) is 46.5 Å². The summed E-state index contributed by atoms with van der Waals surface area (Å²) in [6.45, 7) is 10.5. The van der Waals surface area contributed by atoms with E-state index in [1.165, 1.54) is 0 Å². The van der Waals surface area contributed by atoms with E-state index in [1.807, 2.05) is 13.8 Å². The Kier molecular flexibility index (Phi) is 20.6. The minimum Gasteiger partial charge on any atom is -0.379 e. The lowest BCUT2D eigenvalue weighted by Crippen LogP contribution is -2.13. The molecule has 27 heavy (non-hydrogen) atoms. The number of unbranched alkanes of at least 4 members (excludes halogenated alkanes) is 1. The van der Waals surface area contributed by atoms with Gasteiger partial charge in [0.05, 0.1) is 52.9 Å².